The van der Waals surface area contributed by atoms with E-state index in [1.54, 1.807) is 24.3 Å². The molecule has 1 aromatic carbocycles. The van der Waals surface area contributed by atoms with Gasteiger partial charge in [-0.25, -0.2) is 0 Å². The lowest BCUT2D eigenvalue weighted by Crippen LogP contribution is -2.53. The molecule has 0 bridgehead atoms. The highest BCUT2D eigenvalue weighted by Gasteiger charge is 2.44. The molecule has 31 heavy (non-hydrogen) atoms. The molecular formula is C20H25N5O6. The van der Waals surface area contributed by atoms with E-state index >= 15 is 0 Å². The molecule has 11 heteroatoms. The van der Waals surface area contributed by atoms with Crippen molar-refractivity contribution in [1.82, 2.24) is 26.2 Å². The molecule has 0 aliphatic carbocycles. The van der Waals surface area contributed by atoms with Crippen molar-refractivity contribution in [1.29, 1.82) is 0 Å². The van der Waals surface area contributed by atoms with Crippen LogP contribution in [0, 0.1) is 0 Å². The van der Waals surface area contributed by atoms with E-state index in [-0.39, 0.29) is 25.0 Å². The topological polar surface area (TPSA) is 157 Å². The summed E-state index contributed by atoms with van der Waals surface area (Å²) >= 11 is 0. The average Bonchev–Trinajstić information content (AvgIpc) is 3.33. The molecule has 0 radical (unpaired) electrons. The maximum atomic E-state index is 12.5. The molecule has 11 nitrogen and oxygen atoms in total. The number of aliphatic carboxylic acids is 1. The van der Waals surface area contributed by atoms with Crippen molar-refractivity contribution in [2.24, 2.45) is 0 Å². The highest BCUT2D eigenvalue weighted by Crippen LogP contribution is 2.24. The predicted molar refractivity (Wildman–Crippen MR) is 107 cm³/mol. The van der Waals surface area contributed by atoms with Crippen molar-refractivity contribution in [2.75, 3.05) is 19.6 Å². The molecule has 2 saturated heterocycles. The number of amides is 4. The van der Waals surface area contributed by atoms with E-state index in [9.17, 15) is 24.0 Å². The zero-order valence-electron chi connectivity index (χ0n) is 16.8. The van der Waals surface area contributed by atoms with Gasteiger partial charge in [0.1, 0.15) is 18.6 Å². The summed E-state index contributed by atoms with van der Waals surface area (Å²) in [6.45, 7) is -0.631. The molecule has 3 atom stereocenters. The van der Waals surface area contributed by atoms with Crippen molar-refractivity contribution in [3.05, 3.63) is 35.9 Å². The SMILES string of the molecule is O=C(O)CNC(=O)[C@H](Cc1ccccc1)NC(=O)CNC(=O)[C@@H]1CN[C@H]2CCC(=O)N21. The van der Waals surface area contributed by atoms with E-state index in [0.717, 1.165) is 5.56 Å². The summed E-state index contributed by atoms with van der Waals surface area (Å²) < 4.78 is 0. The maximum absolute atomic E-state index is 12.5. The molecular weight excluding hydrogens is 406 g/mol. The Kier molecular flexibility index (Phi) is 7.19. The Morgan fingerprint density at radius 2 is 1.87 bits per heavy atom. The summed E-state index contributed by atoms with van der Waals surface area (Å²) in [6.07, 6.45) is 1.04. The third-order valence-electron chi connectivity index (χ3n) is 5.21. The fraction of sp³-hybridized carbons (Fsp3) is 0.450. The molecule has 0 unspecified atom stereocenters. The molecule has 0 aromatic heterocycles. The van der Waals surface area contributed by atoms with Gasteiger partial charge >= 0.3 is 5.97 Å². The second kappa shape index (κ2) is 10.0. The van der Waals surface area contributed by atoms with E-state index < -0.39 is 42.3 Å². The summed E-state index contributed by atoms with van der Waals surface area (Å²) in [4.78, 5) is 61.4. The predicted octanol–water partition coefficient (Wildman–Crippen LogP) is -2.05. The van der Waals surface area contributed by atoms with E-state index in [2.05, 4.69) is 21.3 Å². The van der Waals surface area contributed by atoms with Crippen molar-refractivity contribution in [2.45, 2.75) is 37.5 Å². The smallest absolute Gasteiger partial charge is 0.322 e. The number of benzene rings is 1. The van der Waals surface area contributed by atoms with Crippen molar-refractivity contribution in [3.8, 4) is 0 Å². The third-order valence-corrected chi connectivity index (χ3v) is 5.21. The zero-order valence-corrected chi connectivity index (χ0v) is 16.8. The number of hydrogen-bond acceptors (Lipinski definition) is 6. The largest absolute Gasteiger partial charge is 0.480 e. The molecule has 166 valence electrons. The minimum Gasteiger partial charge on any atom is -0.480 e. The van der Waals surface area contributed by atoms with Crippen LogP contribution in [0.2, 0.25) is 0 Å². The average molecular weight is 431 g/mol. The van der Waals surface area contributed by atoms with Gasteiger partial charge in [0, 0.05) is 19.4 Å². The van der Waals surface area contributed by atoms with Crippen LogP contribution in [-0.4, -0.2) is 77.5 Å². The van der Waals surface area contributed by atoms with Gasteiger partial charge in [0.05, 0.1) is 12.7 Å². The highest BCUT2D eigenvalue weighted by molar-refractivity contribution is 5.94. The summed E-state index contributed by atoms with van der Waals surface area (Å²) in [5.41, 5.74) is 0.776. The van der Waals surface area contributed by atoms with Crippen LogP contribution in [0.25, 0.3) is 0 Å². The van der Waals surface area contributed by atoms with Crippen molar-refractivity contribution < 1.29 is 29.1 Å². The first kappa shape index (κ1) is 22.2. The Morgan fingerprint density at radius 3 is 2.58 bits per heavy atom. The Balaban J connectivity index is 1.55. The van der Waals surface area contributed by atoms with E-state index in [0.29, 0.717) is 19.4 Å². The quantitative estimate of drug-likeness (QED) is 0.301. The molecule has 3 rings (SSSR count). The van der Waals surface area contributed by atoms with Crippen LogP contribution >= 0.6 is 0 Å². The summed E-state index contributed by atoms with van der Waals surface area (Å²) in [7, 11) is 0. The van der Waals surface area contributed by atoms with Crippen LogP contribution in [-0.2, 0) is 30.4 Å². The number of carboxylic acid groups (broad SMARTS) is 1. The van der Waals surface area contributed by atoms with Gasteiger partial charge in [-0.05, 0) is 12.0 Å². The molecule has 1 aromatic rings. The Labute approximate surface area is 178 Å². The molecule has 4 amide bonds. The minimum atomic E-state index is -1.20. The van der Waals surface area contributed by atoms with Gasteiger partial charge in [-0.15, -0.1) is 0 Å². The number of carboxylic acids is 1. The standard InChI is InChI=1S/C20H25N5O6/c26-16(10-22-20(31)14-9-21-15-6-7-17(27)25(14)15)24-13(19(30)23-11-18(28)29)8-12-4-2-1-3-5-12/h1-5,13-15,21H,6-11H2,(H,22,31)(H,23,30)(H,24,26)(H,28,29)/t13-,14-,15+/m0/s1. The number of carbonyl (C=O) groups is 5. The third kappa shape index (κ3) is 5.79. The molecule has 2 fully saturated rings. The van der Waals surface area contributed by atoms with Gasteiger partial charge in [0.2, 0.25) is 23.6 Å². The summed E-state index contributed by atoms with van der Waals surface area (Å²) in [5, 5.41) is 19.2. The van der Waals surface area contributed by atoms with Gasteiger partial charge in [-0.2, -0.15) is 0 Å². The van der Waals surface area contributed by atoms with Gasteiger partial charge in [-0.1, -0.05) is 30.3 Å². The van der Waals surface area contributed by atoms with Gasteiger partial charge < -0.3 is 26.0 Å². The van der Waals surface area contributed by atoms with Crippen LogP contribution < -0.4 is 21.3 Å². The first-order valence-electron chi connectivity index (χ1n) is 10.00. The molecule has 2 heterocycles. The van der Waals surface area contributed by atoms with Gasteiger partial charge in [0.25, 0.3) is 0 Å². The highest BCUT2D eigenvalue weighted by atomic mass is 16.4. The zero-order chi connectivity index (χ0) is 22.4. The lowest BCUT2D eigenvalue weighted by atomic mass is 10.1. The van der Waals surface area contributed by atoms with Crippen LogP contribution in [0.1, 0.15) is 18.4 Å². The number of hydrogen-bond donors (Lipinski definition) is 5. The normalized spacial score (nSPS) is 20.6. The molecule has 2 aliphatic heterocycles. The van der Waals surface area contributed by atoms with Crippen LogP contribution in [0.3, 0.4) is 0 Å². The number of rotatable bonds is 9. The number of nitrogens with one attached hydrogen (secondary N) is 4. The monoisotopic (exact) mass is 431 g/mol. The lowest BCUT2D eigenvalue weighted by Gasteiger charge is -2.22. The molecule has 5 N–H and O–H groups in total. The molecule has 0 spiro atoms. The minimum absolute atomic E-state index is 0.0994. The number of nitrogens with zero attached hydrogens (tertiary/aromatic N) is 1. The first-order valence-corrected chi connectivity index (χ1v) is 10.00. The number of carbonyl (C=O) groups excluding carboxylic acids is 4. The molecule has 2 aliphatic rings. The Morgan fingerprint density at radius 1 is 1.13 bits per heavy atom. The Bertz CT molecular complexity index is 861. The second-order valence-electron chi connectivity index (χ2n) is 7.42. The van der Waals surface area contributed by atoms with Crippen molar-refractivity contribution >= 4 is 29.6 Å². The van der Waals surface area contributed by atoms with E-state index in [1.165, 1.54) is 4.90 Å². The summed E-state index contributed by atoms with van der Waals surface area (Å²) in [6, 6.07) is 7.25. The van der Waals surface area contributed by atoms with Crippen LogP contribution in [0.5, 0.6) is 0 Å². The van der Waals surface area contributed by atoms with Gasteiger partial charge in [-0.3, -0.25) is 29.3 Å². The lowest BCUT2D eigenvalue weighted by molar-refractivity contribution is -0.138. The van der Waals surface area contributed by atoms with Gasteiger partial charge in [0.15, 0.2) is 0 Å². The van der Waals surface area contributed by atoms with Crippen LogP contribution in [0.15, 0.2) is 30.3 Å². The van der Waals surface area contributed by atoms with E-state index in [1.807, 2.05) is 6.07 Å². The van der Waals surface area contributed by atoms with Crippen molar-refractivity contribution in [3.63, 3.8) is 0 Å². The Hall–Kier alpha value is -3.47. The second-order valence-corrected chi connectivity index (χ2v) is 7.42. The summed E-state index contributed by atoms with van der Waals surface area (Å²) in [5.74, 6) is -3.00. The maximum Gasteiger partial charge on any atom is 0.322 e. The van der Waals surface area contributed by atoms with E-state index in [4.69, 9.17) is 5.11 Å². The number of fused-ring (bicyclic) bond motifs is 1. The fourth-order valence-electron chi connectivity index (χ4n) is 3.73. The molecule has 0 saturated carbocycles. The van der Waals surface area contributed by atoms with Crippen LogP contribution in [0.4, 0.5) is 0 Å². The fourth-order valence-corrected chi connectivity index (χ4v) is 3.73. The first-order chi connectivity index (χ1) is 14.8.